The van der Waals surface area contributed by atoms with E-state index < -0.39 is 0 Å². The van der Waals surface area contributed by atoms with Gasteiger partial charge in [-0.05, 0) is 63.8 Å². The van der Waals surface area contributed by atoms with Crippen molar-refractivity contribution >= 4 is 0 Å². The molecule has 0 saturated carbocycles. The van der Waals surface area contributed by atoms with E-state index in [1.54, 1.807) is 0 Å². The summed E-state index contributed by atoms with van der Waals surface area (Å²) in [7, 11) is 2.04. The molecule has 1 N–H and O–H groups in total. The molecule has 1 saturated heterocycles. The van der Waals surface area contributed by atoms with Crippen LogP contribution in [0.4, 0.5) is 0 Å². The van der Waals surface area contributed by atoms with E-state index in [2.05, 4.69) is 44.3 Å². The third-order valence-corrected chi connectivity index (χ3v) is 4.11. The molecule has 2 heteroatoms. The quantitative estimate of drug-likeness (QED) is 0.883. The number of benzene rings is 1. The van der Waals surface area contributed by atoms with Crippen molar-refractivity contribution in [2.45, 2.75) is 58.3 Å². The molecular formula is C16H25NO. The average molecular weight is 247 g/mol. The van der Waals surface area contributed by atoms with Gasteiger partial charge in [-0.25, -0.2) is 0 Å². The first-order chi connectivity index (χ1) is 8.60. The van der Waals surface area contributed by atoms with Gasteiger partial charge in [0.15, 0.2) is 0 Å². The van der Waals surface area contributed by atoms with Crippen LogP contribution in [-0.2, 0) is 11.2 Å². The summed E-state index contributed by atoms with van der Waals surface area (Å²) < 4.78 is 5.98. The van der Waals surface area contributed by atoms with Gasteiger partial charge in [-0.3, -0.25) is 0 Å². The van der Waals surface area contributed by atoms with Crippen LogP contribution in [0.2, 0.25) is 0 Å². The topological polar surface area (TPSA) is 21.3 Å². The van der Waals surface area contributed by atoms with E-state index >= 15 is 0 Å². The van der Waals surface area contributed by atoms with Crippen molar-refractivity contribution in [1.82, 2.24) is 5.32 Å². The Morgan fingerprint density at radius 3 is 2.61 bits per heavy atom. The van der Waals surface area contributed by atoms with Gasteiger partial charge in [0.25, 0.3) is 0 Å². The molecule has 100 valence electrons. The standard InChI is InChI=1S/C16H25NO/c1-11-5-7-14(9-12(11)2)10-15(17-4)16-8-6-13(3)18-16/h5,7,9,13,15-17H,6,8,10H2,1-4H3. The number of rotatable bonds is 4. The zero-order chi connectivity index (χ0) is 13.1. The summed E-state index contributed by atoms with van der Waals surface area (Å²) in [5, 5.41) is 3.42. The molecule has 2 nitrogen and oxygen atoms in total. The van der Waals surface area contributed by atoms with Crippen molar-refractivity contribution < 1.29 is 4.74 Å². The first-order valence-corrected chi connectivity index (χ1v) is 6.99. The van der Waals surface area contributed by atoms with E-state index in [0.29, 0.717) is 18.2 Å². The largest absolute Gasteiger partial charge is 0.374 e. The fraction of sp³-hybridized carbons (Fsp3) is 0.625. The molecule has 3 atom stereocenters. The second-order valence-corrected chi connectivity index (χ2v) is 5.58. The van der Waals surface area contributed by atoms with E-state index in [4.69, 9.17) is 4.74 Å². The highest BCUT2D eigenvalue weighted by molar-refractivity contribution is 5.30. The summed E-state index contributed by atoms with van der Waals surface area (Å²) in [6.45, 7) is 6.51. The predicted molar refractivity (Wildman–Crippen MR) is 76.0 cm³/mol. The lowest BCUT2D eigenvalue weighted by molar-refractivity contribution is 0.0337. The molecule has 1 heterocycles. The number of nitrogens with one attached hydrogen (secondary N) is 1. The van der Waals surface area contributed by atoms with Gasteiger partial charge in [0.05, 0.1) is 12.2 Å². The molecule has 1 aliphatic heterocycles. The van der Waals surface area contributed by atoms with E-state index in [1.165, 1.54) is 29.5 Å². The Bertz CT molecular complexity index is 402. The third kappa shape index (κ3) is 3.12. The fourth-order valence-corrected chi connectivity index (χ4v) is 2.73. The van der Waals surface area contributed by atoms with Gasteiger partial charge in [-0.2, -0.15) is 0 Å². The Morgan fingerprint density at radius 1 is 1.28 bits per heavy atom. The number of hydrogen-bond donors (Lipinski definition) is 1. The molecule has 0 amide bonds. The van der Waals surface area contributed by atoms with Gasteiger partial charge in [-0.15, -0.1) is 0 Å². The zero-order valence-corrected chi connectivity index (χ0v) is 12.0. The number of aryl methyl sites for hydroxylation is 2. The summed E-state index contributed by atoms with van der Waals surface area (Å²) in [6.07, 6.45) is 4.21. The average Bonchev–Trinajstić information content (AvgIpc) is 2.77. The van der Waals surface area contributed by atoms with Crippen molar-refractivity contribution in [2.75, 3.05) is 7.05 Å². The van der Waals surface area contributed by atoms with Gasteiger partial charge in [-0.1, -0.05) is 18.2 Å². The van der Waals surface area contributed by atoms with Crippen LogP contribution in [0.25, 0.3) is 0 Å². The van der Waals surface area contributed by atoms with E-state index in [-0.39, 0.29) is 0 Å². The summed E-state index contributed by atoms with van der Waals surface area (Å²) >= 11 is 0. The highest BCUT2D eigenvalue weighted by Gasteiger charge is 2.28. The molecular weight excluding hydrogens is 222 g/mol. The van der Waals surface area contributed by atoms with Crippen LogP contribution in [0.1, 0.15) is 36.5 Å². The first-order valence-electron chi connectivity index (χ1n) is 6.99. The molecule has 1 fully saturated rings. The molecule has 1 aromatic carbocycles. The molecule has 3 unspecified atom stereocenters. The van der Waals surface area contributed by atoms with Gasteiger partial charge in [0.2, 0.25) is 0 Å². The smallest absolute Gasteiger partial charge is 0.0735 e. The molecule has 1 aliphatic rings. The maximum atomic E-state index is 5.98. The van der Waals surface area contributed by atoms with Crippen molar-refractivity contribution in [3.63, 3.8) is 0 Å². The van der Waals surface area contributed by atoms with Crippen LogP contribution in [0.15, 0.2) is 18.2 Å². The van der Waals surface area contributed by atoms with Crippen LogP contribution < -0.4 is 5.32 Å². The fourth-order valence-electron chi connectivity index (χ4n) is 2.73. The Kier molecular flexibility index (Phi) is 4.41. The molecule has 0 spiro atoms. The lowest BCUT2D eigenvalue weighted by Crippen LogP contribution is -2.39. The monoisotopic (exact) mass is 247 g/mol. The van der Waals surface area contributed by atoms with E-state index in [9.17, 15) is 0 Å². The van der Waals surface area contributed by atoms with Gasteiger partial charge < -0.3 is 10.1 Å². The molecule has 0 bridgehead atoms. The van der Waals surface area contributed by atoms with Crippen molar-refractivity contribution in [3.8, 4) is 0 Å². The lowest BCUT2D eigenvalue weighted by atomic mass is 9.97. The minimum Gasteiger partial charge on any atom is -0.374 e. The molecule has 2 rings (SSSR count). The summed E-state index contributed by atoms with van der Waals surface area (Å²) in [6, 6.07) is 7.19. The van der Waals surface area contributed by atoms with E-state index in [0.717, 1.165) is 6.42 Å². The Hall–Kier alpha value is -0.860. The Morgan fingerprint density at radius 2 is 2.06 bits per heavy atom. The Balaban J connectivity index is 2.03. The number of likely N-dealkylation sites (N-methyl/N-ethyl adjacent to an activating group) is 1. The highest BCUT2D eigenvalue weighted by atomic mass is 16.5. The van der Waals surface area contributed by atoms with E-state index in [1.807, 2.05) is 7.05 Å². The predicted octanol–water partition coefficient (Wildman–Crippen LogP) is 3.00. The SMILES string of the molecule is CNC(Cc1ccc(C)c(C)c1)C1CCC(C)O1. The van der Waals surface area contributed by atoms with Gasteiger partial charge >= 0.3 is 0 Å². The molecule has 1 aromatic rings. The van der Waals surface area contributed by atoms with Gasteiger partial charge in [0, 0.05) is 6.04 Å². The minimum atomic E-state index is 0.367. The molecule has 18 heavy (non-hydrogen) atoms. The zero-order valence-electron chi connectivity index (χ0n) is 12.0. The summed E-state index contributed by atoms with van der Waals surface area (Å²) in [5.74, 6) is 0. The van der Waals surface area contributed by atoms with Crippen LogP contribution in [0.3, 0.4) is 0 Å². The number of ether oxygens (including phenoxy) is 1. The maximum Gasteiger partial charge on any atom is 0.0735 e. The molecule has 0 aromatic heterocycles. The molecule has 0 radical (unpaired) electrons. The van der Waals surface area contributed by atoms with Crippen LogP contribution in [-0.4, -0.2) is 25.3 Å². The minimum absolute atomic E-state index is 0.367. The lowest BCUT2D eigenvalue weighted by Gasteiger charge is -2.23. The third-order valence-electron chi connectivity index (χ3n) is 4.11. The van der Waals surface area contributed by atoms with Crippen molar-refractivity contribution in [3.05, 3.63) is 34.9 Å². The van der Waals surface area contributed by atoms with Crippen LogP contribution >= 0.6 is 0 Å². The maximum absolute atomic E-state index is 5.98. The first kappa shape index (κ1) is 13.6. The summed E-state index contributed by atoms with van der Waals surface area (Å²) in [4.78, 5) is 0. The van der Waals surface area contributed by atoms with Crippen molar-refractivity contribution in [2.24, 2.45) is 0 Å². The van der Waals surface area contributed by atoms with Crippen molar-refractivity contribution in [1.29, 1.82) is 0 Å². The van der Waals surface area contributed by atoms with Crippen LogP contribution in [0.5, 0.6) is 0 Å². The van der Waals surface area contributed by atoms with Crippen LogP contribution in [0, 0.1) is 13.8 Å². The highest BCUT2D eigenvalue weighted by Crippen LogP contribution is 2.24. The molecule has 0 aliphatic carbocycles. The number of hydrogen-bond acceptors (Lipinski definition) is 2. The Labute approximate surface area is 111 Å². The normalized spacial score (nSPS) is 25.3. The second-order valence-electron chi connectivity index (χ2n) is 5.58. The van der Waals surface area contributed by atoms with Gasteiger partial charge in [0.1, 0.15) is 0 Å². The second kappa shape index (κ2) is 5.85. The summed E-state index contributed by atoms with van der Waals surface area (Å²) in [5.41, 5.74) is 4.15.